The lowest BCUT2D eigenvalue weighted by Gasteiger charge is -2.08. The Morgan fingerprint density at radius 1 is 1.00 bits per heavy atom. The number of rotatable bonds is 4. The van der Waals surface area contributed by atoms with Crippen LogP contribution in [0.4, 0.5) is 0 Å². The Labute approximate surface area is 170 Å². The van der Waals surface area contributed by atoms with Gasteiger partial charge in [-0.25, -0.2) is 9.78 Å². The number of ether oxygens (including phenoxy) is 1. The van der Waals surface area contributed by atoms with Gasteiger partial charge in [0.15, 0.2) is 0 Å². The smallest absolute Gasteiger partial charge is 0.337 e. The van der Waals surface area contributed by atoms with Gasteiger partial charge in [0.1, 0.15) is 27.7 Å². The van der Waals surface area contributed by atoms with Crippen LogP contribution in [0.25, 0.3) is 27.9 Å². The number of aromatic nitrogens is 2. The summed E-state index contributed by atoms with van der Waals surface area (Å²) in [6, 6.07) is 23.0. The van der Waals surface area contributed by atoms with Crippen LogP contribution in [0.5, 0.6) is 5.75 Å². The topological polar surface area (TPSA) is 56.7 Å². The van der Waals surface area contributed by atoms with Gasteiger partial charge in [-0.1, -0.05) is 48.2 Å². The molecule has 5 nitrogen and oxygen atoms in total. The second-order valence-electron chi connectivity index (χ2n) is 6.45. The van der Waals surface area contributed by atoms with E-state index in [-0.39, 0.29) is 0 Å². The molecule has 0 spiro atoms. The number of benzene rings is 2. The molecule has 0 aliphatic rings. The van der Waals surface area contributed by atoms with Crippen molar-refractivity contribution in [2.24, 2.45) is 0 Å². The maximum Gasteiger partial charge on any atom is 0.337 e. The van der Waals surface area contributed by atoms with E-state index >= 15 is 0 Å². The van der Waals surface area contributed by atoms with Crippen LogP contribution in [-0.4, -0.2) is 16.5 Å². The number of imidazole rings is 1. The highest BCUT2D eigenvalue weighted by Crippen LogP contribution is 2.39. The molecule has 5 rings (SSSR count). The SMILES string of the molecule is COc1ccc2c(Sc3c(-c4ccccc4)nc4ccccn34)cc(=O)oc2c1. The molecule has 0 fully saturated rings. The van der Waals surface area contributed by atoms with E-state index in [0.717, 1.165) is 32.2 Å². The van der Waals surface area contributed by atoms with Crippen LogP contribution in [0.3, 0.4) is 0 Å². The molecule has 0 unspecified atom stereocenters. The van der Waals surface area contributed by atoms with Gasteiger partial charge >= 0.3 is 5.63 Å². The first-order chi connectivity index (χ1) is 14.2. The molecule has 29 heavy (non-hydrogen) atoms. The van der Waals surface area contributed by atoms with Crippen molar-refractivity contribution in [3.63, 3.8) is 0 Å². The molecule has 0 N–H and O–H groups in total. The van der Waals surface area contributed by atoms with Crippen molar-refractivity contribution < 1.29 is 9.15 Å². The van der Waals surface area contributed by atoms with Crippen molar-refractivity contribution in [2.45, 2.75) is 9.92 Å². The fourth-order valence-corrected chi connectivity index (χ4v) is 4.44. The second kappa shape index (κ2) is 7.14. The number of methoxy groups -OCH3 is 1. The summed E-state index contributed by atoms with van der Waals surface area (Å²) >= 11 is 1.50. The first-order valence-corrected chi connectivity index (χ1v) is 9.87. The minimum Gasteiger partial charge on any atom is -0.497 e. The number of pyridine rings is 1. The minimum absolute atomic E-state index is 0.400. The maximum atomic E-state index is 12.2. The van der Waals surface area contributed by atoms with Gasteiger partial charge in [0, 0.05) is 34.2 Å². The molecule has 0 amide bonds. The van der Waals surface area contributed by atoms with Gasteiger partial charge in [0.05, 0.1) is 7.11 Å². The molecule has 0 radical (unpaired) electrons. The largest absolute Gasteiger partial charge is 0.497 e. The number of hydrogen-bond acceptors (Lipinski definition) is 5. The molecule has 0 atom stereocenters. The molecule has 0 aliphatic carbocycles. The molecule has 6 heteroatoms. The van der Waals surface area contributed by atoms with Crippen LogP contribution >= 0.6 is 11.8 Å². The monoisotopic (exact) mass is 400 g/mol. The van der Waals surface area contributed by atoms with Crippen molar-refractivity contribution in [1.29, 1.82) is 0 Å². The van der Waals surface area contributed by atoms with Crippen LogP contribution in [-0.2, 0) is 0 Å². The first kappa shape index (κ1) is 17.6. The van der Waals surface area contributed by atoms with Crippen molar-refractivity contribution in [1.82, 2.24) is 9.38 Å². The number of hydrogen-bond donors (Lipinski definition) is 0. The zero-order valence-corrected chi connectivity index (χ0v) is 16.3. The van der Waals surface area contributed by atoms with Gasteiger partial charge in [-0.05, 0) is 24.3 Å². The van der Waals surface area contributed by atoms with E-state index in [1.54, 1.807) is 13.2 Å². The minimum atomic E-state index is -0.400. The lowest BCUT2D eigenvalue weighted by Crippen LogP contribution is -1.98. The summed E-state index contributed by atoms with van der Waals surface area (Å²) in [5.74, 6) is 0.641. The number of nitrogens with zero attached hydrogens (tertiary/aromatic N) is 2. The van der Waals surface area contributed by atoms with Gasteiger partial charge in [0.2, 0.25) is 0 Å². The van der Waals surface area contributed by atoms with E-state index in [1.165, 1.54) is 17.8 Å². The summed E-state index contributed by atoms with van der Waals surface area (Å²) in [5, 5.41) is 1.79. The summed E-state index contributed by atoms with van der Waals surface area (Å²) in [5.41, 5.74) is 2.84. The van der Waals surface area contributed by atoms with Gasteiger partial charge in [-0.2, -0.15) is 0 Å². The highest BCUT2D eigenvalue weighted by molar-refractivity contribution is 7.99. The predicted molar refractivity (Wildman–Crippen MR) is 114 cm³/mol. The van der Waals surface area contributed by atoms with E-state index in [2.05, 4.69) is 0 Å². The van der Waals surface area contributed by atoms with Crippen molar-refractivity contribution in [3.05, 3.63) is 89.4 Å². The molecule has 0 saturated carbocycles. The lowest BCUT2D eigenvalue weighted by molar-refractivity contribution is 0.414. The maximum absolute atomic E-state index is 12.2. The van der Waals surface area contributed by atoms with Gasteiger partial charge in [-0.15, -0.1) is 0 Å². The summed E-state index contributed by atoms with van der Waals surface area (Å²) in [6.45, 7) is 0. The molecule has 3 heterocycles. The molecule has 5 aromatic rings. The Balaban J connectivity index is 1.73. The molecule has 0 bridgehead atoms. The molecule has 0 aliphatic heterocycles. The average Bonchev–Trinajstić information content (AvgIpc) is 3.12. The van der Waals surface area contributed by atoms with Crippen molar-refractivity contribution in [2.75, 3.05) is 7.11 Å². The molecular weight excluding hydrogens is 384 g/mol. The van der Waals surface area contributed by atoms with Crippen LogP contribution in [0.2, 0.25) is 0 Å². The summed E-state index contributed by atoms with van der Waals surface area (Å²) in [7, 11) is 1.59. The van der Waals surface area contributed by atoms with E-state index in [0.29, 0.717) is 11.3 Å². The molecule has 142 valence electrons. The fourth-order valence-electron chi connectivity index (χ4n) is 3.28. The van der Waals surface area contributed by atoms with E-state index in [4.69, 9.17) is 14.1 Å². The van der Waals surface area contributed by atoms with Crippen LogP contribution < -0.4 is 10.4 Å². The first-order valence-electron chi connectivity index (χ1n) is 9.05. The zero-order chi connectivity index (χ0) is 19.8. The Morgan fingerprint density at radius 2 is 1.83 bits per heavy atom. The standard InChI is InChI=1S/C23H16N2O3S/c1-27-16-10-11-17-18(13-16)28-21(26)14-19(17)29-23-22(15-7-3-2-4-8-15)24-20-9-5-6-12-25(20)23/h2-14H,1H3. The second-order valence-corrected chi connectivity index (χ2v) is 7.48. The van der Waals surface area contributed by atoms with E-state index < -0.39 is 5.63 Å². The van der Waals surface area contributed by atoms with Crippen LogP contribution in [0.1, 0.15) is 0 Å². The fraction of sp³-hybridized carbons (Fsp3) is 0.0435. The number of fused-ring (bicyclic) bond motifs is 2. The quantitative estimate of drug-likeness (QED) is 0.385. The molecular formula is C23H16N2O3S. The third kappa shape index (κ3) is 3.17. The van der Waals surface area contributed by atoms with Gasteiger partial charge < -0.3 is 9.15 Å². The Bertz CT molecular complexity index is 1390. The Hall–Kier alpha value is -3.51. The predicted octanol–water partition coefficient (Wildman–Crippen LogP) is 5.27. The zero-order valence-electron chi connectivity index (χ0n) is 15.5. The van der Waals surface area contributed by atoms with Gasteiger partial charge in [0.25, 0.3) is 0 Å². The Kier molecular flexibility index (Phi) is 4.33. The summed E-state index contributed by atoms with van der Waals surface area (Å²) < 4.78 is 12.7. The normalized spacial score (nSPS) is 11.2. The average molecular weight is 400 g/mol. The highest BCUT2D eigenvalue weighted by atomic mass is 32.2. The molecule has 3 aromatic heterocycles. The van der Waals surface area contributed by atoms with Crippen LogP contribution in [0, 0.1) is 0 Å². The highest BCUT2D eigenvalue weighted by Gasteiger charge is 2.17. The molecule has 0 saturated heterocycles. The van der Waals surface area contributed by atoms with E-state index in [9.17, 15) is 4.79 Å². The lowest BCUT2D eigenvalue weighted by atomic mass is 10.2. The summed E-state index contributed by atoms with van der Waals surface area (Å²) in [4.78, 5) is 17.8. The van der Waals surface area contributed by atoms with Gasteiger partial charge in [-0.3, -0.25) is 4.40 Å². The van der Waals surface area contributed by atoms with Crippen molar-refractivity contribution in [3.8, 4) is 17.0 Å². The third-order valence-electron chi connectivity index (χ3n) is 4.65. The molecule has 2 aromatic carbocycles. The summed E-state index contributed by atoms with van der Waals surface area (Å²) in [6.07, 6.45) is 1.98. The van der Waals surface area contributed by atoms with E-state index in [1.807, 2.05) is 71.3 Å². The van der Waals surface area contributed by atoms with Crippen molar-refractivity contribution >= 4 is 28.4 Å². The third-order valence-corrected chi connectivity index (χ3v) is 5.79. The van der Waals surface area contributed by atoms with Crippen LogP contribution in [0.15, 0.2) is 98.1 Å². The Morgan fingerprint density at radius 3 is 2.66 bits per heavy atom.